The van der Waals surface area contributed by atoms with Gasteiger partial charge in [-0.1, -0.05) is 62.4 Å². The fourth-order valence-corrected chi connectivity index (χ4v) is 3.88. The summed E-state index contributed by atoms with van der Waals surface area (Å²) in [6.07, 6.45) is 7.99. The van der Waals surface area contributed by atoms with Crippen molar-refractivity contribution in [3.05, 3.63) is 70.8 Å². The molecular formula is C22H28. The molecule has 0 aliphatic heterocycles. The van der Waals surface area contributed by atoms with E-state index in [0.717, 1.165) is 11.8 Å². The Balaban J connectivity index is 0.000000131. The van der Waals surface area contributed by atoms with Crippen molar-refractivity contribution >= 4 is 0 Å². The quantitative estimate of drug-likeness (QED) is 0.564. The average Bonchev–Trinajstić information content (AvgIpc) is 2.56. The normalized spacial score (nSPS) is 22.8. The first-order valence-electron chi connectivity index (χ1n) is 8.88. The highest BCUT2D eigenvalue weighted by atomic mass is 14.2. The van der Waals surface area contributed by atoms with Gasteiger partial charge in [-0.15, -0.1) is 0 Å². The van der Waals surface area contributed by atoms with Gasteiger partial charge in [-0.05, 0) is 72.6 Å². The van der Waals surface area contributed by atoms with Crippen LogP contribution in [0, 0.1) is 5.92 Å². The minimum Gasteiger partial charge on any atom is -0.0622 e. The van der Waals surface area contributed by atoms with Crippen LogP contribution >= 0.6 is 0 Å². The lowest BCUT2D eigenvalue weighted by atomic mass is 9.84. The summed E-state index contributed by atoms with van der Waals surface area (Å²) in [6, 6.07) is 17.7. The molecule has 2 aromatic rings. The maximum absolute atomic E-state index is 2.34. The summed E-state index contributed by atoms with van der Waals surface area (Å²) in [5, 5.41) is 0. The highest BCUT2D eigenvalue weighted by Crippen LogP contribution is 2.30. The van der Waals surface area contributed by atoms with E-state index >= 15 is 0 Å². The van der Waals surface area contributed by atoms with Gasteiger partial charge >= 0.3 is 0 Å². The minimum atomic E-state index is 0.792. The van der Waals surface area contributed by atoms with Gasteiger partial charge < -0.3 is 0 Å². The molecule has 2 aliphatic rings. The number of aryl methyl sites for hydroxylation is 2. The van der Waals surface area contributed by atoms with Crippen LogP contribution in [0.2, 0.25) is 0 Å². The highest BCUT2D eigenvalue weighted by Gasteiger charge is 2.14. The molecule has 0 aromatic heterocycles. The molecule has 2 atom stereocenters. The number of fused-ring (bicyclic) bond motifs is 2. The fraction of sp³-hybridized carbons (Fsp3) is 0.455. The van der Waals surface area contributed by atoms with Gasteiger partial charge in [0.15, 0.2) is 0 Å². The molecule has 0 nitrogen and oxygen atoms in total. The van der Waals surface area contributed by atoms with E-state index in [1.165, 1.54) is 38.5 Å². The third-order valence-corrected chi connectivity index (χ3v) is 5.26. The van der Waals surface area contributed by atoms with Crippen LogP contribution in [0.5, 0.6) is 0 Å². The van der Waals surface area contributed by atoms with Crippen LogP contribution in [0.4, 0.5) is 0 Å². The topological polar surface area (TPSA) is 0 Å². The third-order valence-electron chi connectivity index (χ3n) is 5.26. The molecule has 22 heavy (non-hydrogen) atoms. The molecule has 0 fully saturated rings. The van der Waals surface area contributed by atoms with Crippen molar-refractivity contribution in [2.45, 2.75) is 58.3 Å². The lowest BCUT2D eigenvalue weighted by Crippen LogP contribution is -2.10. The lowest BCUT2D eigenvalue weighted by Gasteiger charge is -2.21. The summed E-state index contributed by atoms with van der Waals surface area (Å²) in [6.45, 7) is 4.67. The first-order chi connectivity index (χ1) is 10.7. The first kappa shape index (κ1) is 15.3. The van der Waals surface area contributed by atoms with E-state index in [-0.39, 0.29) is 0 Å². The Hall–Kier alpha value is -1.56. The molecule has 4 rings (SSSR count). The molecule has 2 aliphatic carbocycles. The molecule has 0 N–H and O–H groups in total. The van der Waals surface area contributed by atoms with E-state index in [4.69, 9.17) is 0 Å². The van der Waals surface area contributed by atoms with Crippen molar-refractivity contribution in [1.82, 2.24) is 0 Å². The van der Waals surface area contributed by atoms with Crippen LogP contribution in [0.3, 0.4) is 0 Å². The second-order valence-corrected chi connectivity index (χ2v) is 7.11. The van der Waals surface area contributed by atoms with Gasteiger partial charge in [0.25, 0.3) is 0 Å². The molecule has 0 saturated heterocycles. The van der Waals surface area contributed by atoms with E-state index in [2.05, 4.69) is 62.4 Å². The maximum atomic E-state index is 2.34. The zero-order chi connectivity index (χ0) is 15.4. The van der Waals surface area contributed by atoms with Gasteiger partial charge in [0.1, 0.15) is 0 Å². The Morgan fingerprint density at radius 3 is 2.18 bits per heavy atom. The molecule has 0 radical (unpaired) electrons. The fourth-order valence-electron chi connectivity index (χ4n) is 3.88. The van der Waals surface area contributed by atoms with Crippen LogP contribution in [0.1, 0.15) is 61.3 Å². The van der Waals surface area contributed by atoms with Crippen molar-refractivity contribution in [2.24, 2.45) is 5.92 Å². The molecular weight excluding hydrogens is 264 g/mol. The SMILES string of the molecule is CC1CCCc2ccccc21.CC1CCc2ccccc2C1. The summed E-state index contributed by atoms with van der Waals surface area (Å²) in [4.78, 5) is 0. The van der Waals surface area contributed by atoms with Crippen LogP contribution < -0.4 is 0 Å². The molecule has 0 bridgehead atoms. The maximum Gasteiger partial charge on any atom is -0.0188 e. The molecule has 0 heterocycles. The molecule has 2 aromatic carbocycles. The Morgan fingerprint density at radius 1 is 0.727 bits per heavy atom. The van der Waals surface area contributed by atoms with Gasteiger partial charge in [-0.3, -0.25) is 0 Å². The Kier molecular flexibility index (Phi) is 4.97. The van der Waals surface area contributed by atoms with Gasteiger partial charge in [0.05, 0.1) is 0 Å². The summed E-state index contributed by atoms with van der Waals surface area (Å²) in [5.74, 6) is 1.69. The molecule has 0 amide bonds. The van der Waals surface area contributed by atoms with Crippen molar-refractivity contribution in [2.75, 3.05) is 0 Å². The van der Waals surface area contributed by atoms with E-state index in [1.807, 2.05) is 0 Å². The summed E-state index contributed by atoms with van der Waals surface area (Å²) < 4.78 is 0. The highest BCUT2D eigenvalue weighted by molar-refractivity contribution is 5.32. The van der Waals surface area contributed by atoms with E-state index < -0.39 is 0 Å². The molecule has 116 valence electrons. The van der Waals surface area contributed by atoms with Crippen LogP contribution in [-0.2, 0) is 19.3 Å². The third kappa shape index (κ3) is 3.61. The zero-order valence-corrected chi connectivity index (χ0v) is 14.0. The largest absolute Gasteiger partial charge is 0.0622 e. The minimum absolute atomic E-state index is 0.792. The van der Waals surface area contributed by atoms with Crippen LogP contribution in [0.15, 0.2) is 48.5 Å². The Bertz CT molecular complexity index is 611. The first-order valence-corrected chi connectivity index (χ1v) is 8.88. The van der Waals surface area contributed by atoms with Crippen molar-refractivity contribution in [3.8, 4) is 0 Å². The van der Waals surface area contributed by atoms with E-state index in [1.54, 1.807) is 22.3 Å². The predicted octanol–water partition coefficient (Wildman–Crippen LogP) is 5.94. The summed E-state index contributed by atoms with van der Waals surface area (Å²) >= 11 is 0. The monoisotopic (exact) mass is 292 g/mol. The smallest absolute Gasteiger partial charge is 0.0188 e. The summed E-state index contributed by atoms with van der Waals surface area (Å²) in [7, 11) is 0. The summed E-state index contributed by atoms with van der Waals surface area (Å²) in [5.41, 5.74) is 6.31. The average molecular weight is 292 g/mol. The number of hydrogen-bond donors (Lipinski definition) is 0. The second-order valence-electron chi connectivity index (χ2n) is 7.11. The van der Waals surface area contributed by atoms with Gasteiger partial charge in [-0.2, -0.15) is 0 Å². The lowest BCUT2D eigenvalue weighted by molar-refractivity contribution is 0.501. The predicted molar refractivity (Wildman–Crippen MR) is 95.4 cm³/mol. The Labute approximate surface area is 135 Å². The van der Waals surface area contributed by atoms with E-state index in [0.29, 0.717) is 0 Å². The zero-order valence-electron chi connectivity index (χ0n) is 14.0. The van der Waals surface area contributed by atoms with Gasteiger partial charge in [0.2, 0.25) is 0 Å². The number of hydrogen-bond acceptors (Lipinski definition) is 0. The van der Waals surface area contributed by atoms with Crippen molar-refractivity contribution in [3.63, 3.8) is 0 Å². The Morgan fingerprint density at radius 2 is 1.41 bits per heavy atom. The number of benzene rings is 2. The second kappa shape index (κ2) is 7.13. The van der Waals surface area contributed by atoms with E-state index in [9.17, 15) is 0 Å². The van der Waals surface area contributed by atoms with Gasteiger partial charge in [-0.25, -0.2) is 0 Å². The molecule has 0 heteroatoms. The van der Waals surface area contributed by atoms with Crippen LogP contribution in [0.25, 0.3) is 0 Å². The molecule has 0 saturated carbocycles. The number of rotatable bonds is 0. The van der Waals surface area contributed by atoms with Crippen LogP contribution in [-0.4, -0.2) is 0 Å². The standard InChI is InChI=1S/2C11H14/c1-9-5-4-7-10-6-2-3-8-11(9)10;1-9-6-7-10-4-2-3-5-11(10)8-9/h2-3,6,8-9H,4-5,7H2,1H3;2-5,9H,6-8H2,1H3. The van der Waals surface area contributed by atoms with Crippen molar-refractivity contribution < 1.29 is 0 Å². The van der Waals surface area contributed by atoms with Crippen molar-refractivity contribution in [1.29, 1.82) is 0 Å². The molecule has 2 unspecified atom stereocenters. The van der Waals surface area contributed by atoms with Gasteiger partial charge in [0, 0.05) is 0 Å². The molecule has 0 spiro atoms.